The first-order valence-corrected chi connectivity index (χ1v) is 8.22. The van der Waals surface area contributed by atoms with Gasteiger partial charge in [-0.3, -0.25) is 4.90 Å². The minimum absolute atomic E-state index is 0.361. The molecule has 1 saturated heterocycles. The summed E-state index contributed by atoms with van der Waals surface area (Å²) in [4.78, 5) is 2.70. The minimum atomic E-state index is 0.361. The molecule has 0 aromatic rings. The largest absolute Gasteiger partial charge is 0.311 e. The predicted molar refractivity (Wildman–Crippen MR) is 79.8 cm³/mol. The molecule has 0 saturated carbocycles. The second-order valence-corrected chi connectivity index (χ2v) is 7.61. The van der Waals surface area contributed by atoms with E-state index in [1.165, 1.54) is 18.8 Å². The van der Waals surface area contributed by atoms with Gasteiger partial charge in [-0.25, -0.2) is 0 Å². The molecule has 17 heavy (non-hydrogen) atoms. The fourth-order valence-electron chi connectivity index (χ4n) is 2.53. The number of hydrogen-bond donors (Lipinski definition) is 1. The van der Waals surface area contributed by atoms with Crippen molar-refractivity contribution in [1.29, 1.82) is 0 Å². The lowest BCUT2D eigenvalue weighted by atomic mass is 9.83. The molecule has 1 fully saturated rings. The van der Waals surface area contributed by atoms with E-state index >= 15 is 0 Å². The Morgan fingerprint density at radius 3 is 2.47 bits per heavy atom. The maximum Gasteiger partial charge on any atom is 0.0244 e. The highest BCUT2D eigenvalue weighted by molar-refractivity contribution is 7.98. The smallest absolute Gasteiger partial charge is 0.0244 e. The van der Waals surface area contributed by atoms with Gasteiger partial charge in [0.15, 0.2) is 0 Å². The Hall–Kier alpha value is 0.270. The average molecular weight is 258 g/mol. The van der Waals surface area contributed by atoms with E-state index in [4.69, 9.17) is 0 Å². The highest BCUT2D eigenvalue weighted by Gasteiger charge is 2.34. The third kappa shape index (κ3) is 4.46. The van der Waals surface area contributed by atoms with Crippen LogP contribution in [0.15, 0.2) is 0 Å². The van der Waals surface area contributed by atoms with Crippen LogP contribution in [-0.4, -0.2) is 48.6 Å². The van der Waals surface area contributed by atoms with Crippen LogP contribution in [0.4, 0.5) is 0 Å². The molecule has 1 rings (SSSR count). The van der Waals surface area contributed by atoms with Crippen molar-refractivity contribution in [2.45, 2.75) is 46.7 Å². The van der Waals surface area contributed by atoms with Gasteiger partial charge in [-0.05, 0) is 17.6 Å². The van der Waals surface area contributed by atoms with Gasteiger partial charge in [-0.15, -0.1) is 0 Å². The lowest BCUT2D eigenvalue weighted by Gasteiger charge is -2.46. The second kappa shape index (κ2) is 6.44. The number of rotatable bonds is 4. The van der Waals surface area contributed by atoms with Crippen LogP contribution < -0.4 is 5.32 Å². The maximum absolute atomic E-state index is 3.75. The number of hydrogen-bond acceptors (Lipinski definition) is 3. The van der Waals surface area contributed by atoms with Crippen LogP contribution in [0.1, 0.15) is 34.6 Å². The molecule has 2 unspecified atom stereocenters. The van der Waals surface area contributed by atoms with Crippen LogP contribution in [0.25, 0.3) is 0 Å². The van der Waals surface area contributed by atoms with Gasteiger partial charge in [0.25, 0.3) is 0 Å². The van der Waals surface area contributed by atoms with E-state index in [9.17, 15) is 0 Å². The molecular formula is C14H30N2S. The van der Waals surface area contributed by atoms with E-state index in [0.717, 1.165) is 12.5 Å². The second-order valence-electron chi connectivity index (χ2n) is 6.63. The lowest BCUT2D eigenvalue weighted by Crippen LogP contribution is -2.61. The Bertz CT molecular complexity index is 223. The molecule has 1 N–H and O–H groups in total. The molecule has 2 nitrogen and oxygen atoms in total. The van der Waals surface area contributed by atoms with Crippen molar-refractivity contribution in [2.75, 3.05) is 31.6 Å². The first-order chi connectivity index (χ1) is 7.86. The molecule has 0 aliphatic carbocycles. The van der Waals surface area contributed by atoms with Crippen LogP contribution in [0, 0.1) is 11.3 Å². The quantitative estimate of drug-likeness (QED) is 0.835. The van der Waals surface area contributed by atoms with Gasteiger partial charge in [0.05, 0.1) is 0 Å². The highest BCUT2D eigenvalue weighted by atomic mass is 32.2. The Morgan fingerprint density at radius 1 is 1.35 bits per heavy atom. The Labute approximate surface area is 112 Å². The van der Waals surface area contributed by atoms with Gasteiger partial charge in [-0.1, -0.05) is 34.6 Å². The summed E-state index contributed by atoms with van der Waals surface area (Å²) in [7, 11) is 0. The summed E-state index contributed by atoms with van der Waals surface area (Å²) in [5, 5.41) is 3.75. The van der Waals surface area contributed by atoms with Crippen LogP contribution in [-0.2, 0) is 0 Å². The predicted octanol–water partition coefficient (Wildman–Crippen LogP) is 2.69. The third-order valence-electron chi connectivity index (χ3n) is 3.86. The summed E-state index contributed by atoms with van der Waals surface area (Å²) in [5.74, 6) is 1.99. The molecule has 1 heterocycles. The zero-order chi connectivity index (χ0) is 13.1. The first-order valence-electron chi connectivity index (χ1n) is 6.82. The van der Waals surface area contributed by atoms with Gasteiger partial charge in [0.2, 0.25) is 0 Å². The van der Waals surface area contributed by atoms with Crippen molar-refractivity contribution < 1.29 is 0 Å². The number of piperazine rings is 1. The number of thioether (sulfide) groups is 1. The zero-order valence-electron chi connectivity index (χ0n) is 12.4. The van der Waals surface area contributed by atoms with Gasteiger partial charge in [-0.2, -0.15) is 11.8 Å². The standard InChI is InChI=1S/C14H30N2S/c1-11(2)12-9-15-13(14(3,4)5)10-16(12)7-8-17-6/h11-13,15H,7-10H2,1-6H3. The minimum Gasteiger partial charge on any atom is -0.311 e. The topological polar surface area (TPSA) is 15.3 Å². The molecular weight excluding hydrogens is 228 g/mol. The SMILES string of the molecule is CSCCN1CC(C(C)(C)C)NCC1C(C)C. The highest BCUT2D eigenvalue weighted by Crippen LogP contribution is 2.25. The molecule has 0 bridgehead atoms. The fourth-order valence-corrected chi connectivity index (χ4v) is 2.95. The normalized spacial score (nSPS) is 27.7. The summed E-state index contributed by atoms with van der Waals surface area (Å²) >= 11 is 1.96. The molecule has 2 atom stereocenters. The van der Waals surface area contributed by atoms with Crippen LogP contribution in [0.2, 0.25) is 0 Å². The maximum atomic E-state index is 3.75. The molecule has 0 spiro atoms. The Morgan fingerprint density at radius 2 is 2.00 bits per heavy atom. The molecule has 3 heteroatoms. The van der Waals surface area contributed by atoms with Gasteiger partial charge in [0, 0.05) is 37.5 Å². The lowest BCUT2D eigenvalue weighted by molar-refractivity contribution is 0.0687. The van der Waals surface area contributed by atoms with Crippen LogP contribution >= 0.6 is 11.8 Å². The van der Waals surface area contributed by atoms with Gasteiger partial charge >= 0.3 is 0 Å². The zero-order valence-corrected chi connectivity index (χ0v) is 13.2. The van der Waals surface area contributed by atoms with Gasteiger partial charge in [0.1, 0.15) is 0 Å². The van der Waals surface area contributed by atoms with E-state index in [1.807, 2.05) is 11.8 Å². The summed E-state index contributed by atoms with van der Waals surface area (Å²) in [6.45, 7) is 15.3. The van der Waals surface area contributed by atoms with E-state index in [1.54, 1.807) is 0 Å². The molecule has 0 aromatic heterocycles. The summed E-state index contributed by atoms with van der Waals surface area (Å²) < 4.78 is 0. The average Bonchev–Trinajstić information content (AvgIpc) is 2.24. The van der Waals surface area contributed by atoms with Crippen LogP contribution in [0.3, 0.4) is 0 Å². The molecule has 0 radical (unpaired) electrons. The number of nitrogens with zero attached hydrogens (tertiary/aromatic N) is 1. The van der Waals surface area contributed by atoms with Crippen molar-refractivity contribution in [3.8, 4) is 0 Å². The summed E-state index contributed by atoms with van der Waals surface area (Å²) in [6, 6.07) is 1.33. The monoisotopic (exact) mass is 258 g/mol. The first kappa shape index (κ1) is 15.3. The molecule has 0 amide bonds. The number of nitrogens with one attached hydrogen (secondary N) is 1. The fraction of sp³-hybridized carbons (Fsp3) is 1.00. The van der Waals surface area contributed by atoms with E-state index < -0.39 is 0 Å². The van der Waals surface area contributed by atoms with E-state index in [2.05, 4.69) is 51.1 Å². The van der Waals surface area contributed by atoms with Crippen molar-refractivity contribution in [2.24, 2.45) is 11.3 Å². The van der Waals surface area contributed by atoms with Crippen molar-refractivity contribution in [3.63, 3.8) is 0 Å². The summed E-state index contributed by atoms with van der Waals surface area (Å²) in [6.07, 6.45) is 2.20. The molecule has 1 aliphatic rings. The van der Waals surface area contributed by atoms with E-state index in [-0.39, 0.29) is 0 Å². The van der Waals surface area contributed by atoms with Crippen molar-refractivity contribution in [1.82, 2.24) is 10.2 Å². The van der Waals surface area contributed by atoms with Crippen molar-refractivity contribution >= 4 is 11.8 Å². The van der Waals surface area contributed by atoms with Crippen LogP contribution in [0.5, 0.6) is 0 Å². The molecule has 1 aliphatic heterocycles. The van der Waals surface area contributed by atoms with Crippen molar-refractivity contribution in [3.05, 3.63) is 0 Å². The third-order valence-corrected chi connectivity index (χ3v) is 4.45. The van der Waals surface area contributed by atoms with Gasteiger partial charge < -0.3 is 5.32 Å². The summed E-state index contributed by atoms with van der Waals surface area (Å²) in [5.41, 5.74) is 0.361. The molecule has 0 aromatic carbocycles. The Kier molecular flexibility index (Phi) is 5.81. The molecule has 102 valence electrons. The van der Waals surface area contributed by atoms with E-state index in [0.29, 0.717) is 17.5 Å². The Balaban J connectivity index is 2.63.